The van der Waals surface area contributed by atoms with E-state index >= 15 is 0 Å². The largest absolute Gasteiger partial charge is 0.317 e. The van der Waals surface area contributed by atoms with Crippen LogP contribution in [0.5, 0.6) is 0 Å². The first kappa shape index (κ1) is 12.4. The van der Waals surface area contributed by atoms with Crippen molar-refractivity contribution >= 4 is 9.84 Å². The summed E-state index contributed by atoms with van der Waals surface area (Å²) in [5, 5.41) is 3.41. The summed E-state index contributed by atoms with van der Waals surface area (Å²) in [6.07, 6.45) is 4.86. The summed E-state index contributed by atoms with van der Waals surface area (Å²) in [6, 6.07) is 0. The lowest BCUT2D eigenvalue weighted by atomic mass is 9.70. The number of rotatable bonds is 5. The van der Waals surface area contributed by atoms with Gasteiger partial charge < -0.3 is 5.32 Å². The molecule has 2 rings (SSSR count). The van der Waals surface area contributed by atoms with Crippen molar-refractivity contribution in [1.82, 2.24) is 5.32 Å². The number of nitrogens with one attached hydrogen (secondary N) is 1. The Bertz CT molecular complexity index is 322. The topological polar surface area (TPSA) is 46.2 Å². The van der Waals surface area contributed by atoms with Crippen molar-refractivity contribution in [3.05, 3.63) is 0 Å². The summed E-state index contributed by atoms with van der Waals surface area (Å²) in [4.78, 5) is 0. The number of hydrogen-bond donors (Lipinski definition) is 1. The van der Waals surface area contributed by atoms with Gasteiger partial charge in [-0.15, -0.1) is 0 Å². The highest BCUT2D eigenvalue weighted by Gasteiger charge is 2.38. The lowest BCUT2D eigenvalue weighted by molar-refractivity contribution is 0.152. The fourth-order valence-corrected chi connectivity index (χ4v) is 4.95. The zero-order chi connectivity index (χ0) is 11.6. The van der Waals surface area contributed by atoms with Crippen LogP contribution in [-0.4, -0.2) is 33.0 Å². The fraction of sp³-hybridized carbons (Fsp3) is 1.00. The van der Waals surface area contributed by atoms with Crippen molar-refractivity contribution in [2.24, 2.45) is 17.8 Å². The smallest absolute Gasteiger partial charge is 0.150 e. The Hall–Kier alpha value is -0.0900. The van der Waals surface area contributed by atoms with Crippen LogP contribution in [0, 0.1) is 17.8 Å². The second kappa shape index (κ2) is 5.05. The Morgan fingerprint density at radius 3 is 2.44 bits per heavy atom. The van der Waals surface area contributed by atoms with Gasteiger partial charge in [0.1, 0.15) is 0 Å². The molecule has 0 amide bonds. The van der Waals surface area contributed by atoms with Crippen LogP contribution < -0.4 is 5.32 Å². The molecule has 2 fully saturated rings. The molecule has 0 spiro atoms. The van der Waals surface area contributed by atoms with Crippen molar-refractivity contribution in [3.63, 3.8) is 0 Å². The Morgan fingerprint density at radius 2 is 2.00 bits per heavy atom. The number of hydrogen-bond acceptors (Lipinski definition) is 3. The van der Waals surface area contributed by atoms with E-state index in [2.05, 4.69) is 12.2 Å². The van der Waals surface area contributed by atoms with Crippen molar-refractivity contribution in [1.29, 1.82) is 0 Å². The van der Waals surface area contributed by atoms with Gasteiger partial charge in [-0.25, -0.2) is 8.42 Å². The molecule has 1 aliphatic carbocycles. The first-order valence-corrected chi connectivity index (χ1v) is 8.35. The Morgan fingerprint density at radius 1 is 1.25 bits per heavy atom. The maximum atomic E-state index is 11.5. The molecule has 1 saturated carbocycles. The third kappa shape index (κ3) is 2.77. The fourth-order valence-electron chi connectivity index (χ4n) is 3.06. The lowest BCUT2D eigenvalue weighted by Crippen LogP contribution is -2.37. The van der Waals surface area contributed by atoms with Crippen LogP contribution in [0.1, 0.15) is 32.6 Å². The van der Waals surface area contributed by atoms with Crippen LogP contribution in [0.3, 0.4) is 0 Å². The molecular weight excluding hydrogens is 222 g/mol. The Kier molecular flexibility index (Phi) is 3.90. The zero-order valence-corrected chi connectivity index (χ0v) is 10.9. The lowest BCUT2D eigenvalue weighted by Gasteiger charge is -2.37. The molecule has 0 aromatic carbocycles. The Balaban J connectivity index is 1.95. The van der Waals surface area contributed by atoms with E-state index < -0.39 is 9.84 Å². The second-order valence-electron chi connectivity index (χ2n) is 5.33. The molecule has 2 aliphatic rings. The molecule has 2 atom stereocenters. The minimum atomic E-state index is -2.71. The summed E-state index contributed by atoms with van der Waals surface area (Å²) in [5.41, 5.74) is 0. The molecule has 1 aliphatic heterocycles. The van der Waals surface area contributed by atoms with Gasteiger partial charge in [0.25, 0.3) is 0 Å². The van der Waals surface area contributed by atoms with Crippen molar-refractivity contribution in [3.8, 4) is 0 Å². The van der Waals surface area contributed by atoms with Crippen molar-refractivity contribution in [2.45, 2.75) is 32.6 Å². The molecule has 0 radical (unpaired) electrons. The van der Waals surface area contributed by atoms with Crippen LogP contribution in [0.25, 0.3) is 0 Å². The molecule has 2 unspecified atom stereocenters. The van der Waals surface area contributed by atoms with E-state index in [0.29, 0.717) is 23.3 Å². The minimum Gasteiger partial charge on any atom is -0.317 e. The van der Waals surface area contributed by atoms with Gasteiger partial charge in [-0.3, -0.25) is 0 Å². The molecular formula is C12H23NO2S. The van der Waals surface area contributed by atoms with E-state index in [4.69, 9.17) is 0 Å². The van der Waals surface area contributed by atoms with E-state index in [1.165, 1.54) is 19.3 Å². The van der Waals surface area contributed by atoms with Gasteiger partial charge in [0.2, 0.25) is 0 Å². The van der Waals surface area contributed by atoms with E-state index in [1.54, 1.807) is 0 Å². The minimum absolute atomic E-state index is 0.424. The first-order valence-electron chi connectivity index (χ1n) is 6.53. The normalized spacial score (nSPS) is 31.2. The van der Waals surface area contributed by atoms with E-state index in [-0.39, 0.29) is 0 Å². The molecule has 3 nitrogen and oxygen atoms in total. The maximum absolute atomic E-state index is 11.5. The SMILES string of the molecule is CCNCC(C1CCC1)C1CCS(=O)(=O)C1. The highest BCUT2D eigenvalue weighted by Crippen LogP contribution is 2.40. The van der Waals surface area contributed by atoms with Crippen LogP contribution in [0.15, 0.2) is 0 Å². The summed E-state index contributed by atoms with van der Waals surface area (Å²) < 4.78 is 23.1. The van der Waals surface area contributed by atoms with Crippen LogP contribution >= 0.6 is 0 Å². The molecule has 16 heavy (non-hydrogen) atoms. The highest BCUT2D eigenvalue weighted by molar-refractivity contribution is 7.91. The molecule has 1 heterocycles. The average Bonchev–Trinajstić information content (AvgIpc) is 2.50. The predicted octanol–water partition coefficient (Wildman–Crippen LogP) is 1.45. The zero-order valence-electron chi connectivity index (χ0n) is 10.1. The van der Waals surface area contributed by atoms with E-state index in [9.17, 15) is 8.42 Å². The molecule has 0 aromatic rings. The Labute approximate surface area is 98.9 Å². The number of sulfone groups is 1. The van der Waals surface area contributed by atoms with Gasteiger partial charge in [0.05, 0.1) is 11.5 Å². The van der Waals surface area contributed by atoms with Crippen LogP contribution in [0.4, 0.5) is 0 Å². The predicted molar refractivity (Wildman–Crippen MR) is 66.1 cm³/mol. The third-order valence-corrected chi connectivity index (χ3v) is 6.05. The first-order chi connectivity index (χ1) is 7.62. The van der Waals surface area contributed by atoms with Gasteiger partial charge in [-0.1, -0.05) is 26.2 Å². The summed E-state index contributed by atoms with van der Waals surface area (Å²) in [7, 11) is -2.71. The summed E-state index contributed by atoms with van der Waals surface area (Å²) >= 11 is 0. The van der Waals surface area contributed by atoms with Crippen molar-refractivity contribution in [2.75, 3.05) is 24.6 Å². The molecule has 0 bridgehead atoms. The van der Waals surface area contributed by atoms with E-state index in [0.717, 1.165) is 25.4 Å². The summed E-state index contributed by atoms with van der Waals surface area (Å²) in [6.45, 7) is 4.12. The highest BCUT2D eigenvalue weighted by atomic mass is 32.2. The van der Waals surface area contributed by atoms with Gasteiger partial charge in [0, 0.05) is 0 Å². The molecule has 4 heteroatoms. The molecule has 1 N–H and O–H groups in total. The molecule has 1 saturated heterocycles. The third-order valence-electron chi connectivity index (χ3n) is 4.26. The second-order valence-corrected chi connectivity index (χ2v) is 7.55. The monoisotopic (exact) mass is 245 g/mol. The standard InChI is InChI=1S/C12H23NO2S/c1-2-13-8-12(10-4-3-5-10)11-6-7-16(14,15)9-11/h10-13H,2-9H2,1H3. The van der Waals surface area contributed by atoms with Crippen LogP contribution in [0.2, 0.25) is 0 Å². The summed E-state index contributed by atoms with van der Waals surface area (Å²) in [5.74, 6) is 2.68. The van der Waals surface area contributed by atoms with E-state index in [1.807, 2.05) is 0 Å². The van der Waals surface area contributed by atoms with Gasteiger partial charge >= 0.3 is 0 Å². The van der Waals surface area contributed by atoms with Gasteiger partial charge in [0.15, 0.2) is 9.84 Å². The average molecular weight is 245 g/mol. The molecule has 94 valence electrons. The van der Waals surface area contributed by atoms with Crippen molar-refractivity contribution < 1.29 is 8.42 Å². The van der Waals surface area contributed by atoms with Gasteiger partial charge in [-0.05, 0) is 37.3 Å². The van der Waals surface area contributed by atoms with Crippen LogP contribution in [-0.2, 0) is 9.84 Å². The quantitative estimate of drug-likeness (QED) is 0.797. The molecule has 0 aromatic heterocycles. The maximum Gasteiger partial charge on any atom is 0.150 e. The van der Waals surface area contributed by atoms with Gasteiger partial charge in [-0.2, -0.15) is 0 Å².